The molecule has 7 nitrogen and oxygen atoms in total. The van der Waals surface area contributed by atoms with Crippen LogP contribution in [0.15, 0.2) is 77.7 Å². The average molecular weight is 526 g/mol. The number of likely N-dealkylation sites (N-methyl/N-ethyl adjacent to an activating group) is 1. The van der Waals surface area contributed by atoms with Crippen LogP contribution in [-0.4, -0.2) is 44.3 Å². The molecule has 0 spiro atoms. The molecule has 0 aliphatic heterocycles. The summed E-state index contributed by atoms with van der Waals surface area (Å²) in [7, 11) is -4.11. The maximum Gasteiger partial charge on any atom is 0.264 e. The first-order valence-corrected chi connectivity index (χ1v) is 13.4. The molecule has 1 N–H and O–H groups in total. The highest BCUT2D eigenvalue weighted by atomic mass is 32.2. The van der Waals surface area contributed by atoms with E-state index in [0.717, 1.165) is 15.4 Å². The number of nitrogens with one attached hydrogen (secondary N) is 1. The zero-order valence-electron chi connectivity index (χ0n) is 21.4. The first-order valence-electron chi connectivity index (χ1n) is 12.0. The lowest BCUT2D eigenvalue weighted by Gasteiger charge is -2.32. The van der Waals surface area contributed by atoms with Gasteiger partial charge in [0.1, 0.15) is 18.4 Å². The third kappa shape index (κ3) is 6.95. The van der Waals surface area contributed by atoms with E-state index >= 15 is 0 Å². The number of amides is 2. The maximum atomic E-state index is 13.7. The van der Waals surface area contributed by atoms with E-state index in [2.05, 4.69) is 5.32 Å². The maximum absolute atomic E-state index is 13.7. The van der Waals surface area contributed by atoms with Crippen LogP contribution in [-0.2, 0) is 26.2 Å². The predicted octanol–water partition coefficient (Wildman–Crippen LogP) is 4.19. The molecule has 37 heavy (non-hydrogen) atoms. The summed E-state index contributed by atoms with van der Waals surface area (Å²) in [6.45, 7) is 6.94. The average Bonchev–Trinajstić information content (AvgIpc) is 2.87. The van der Waals surface area contributed by atoms with E-state index in [1.165, 1.54) is 41.3 Å². The molecule has 0 radical (unpaired) electrons. The van der Waals surface area contributed by atoms with Crippen molar-refractivity contribution < 1.29 is 22.4 Å². The molecule has 0 aliphatic carbocycles. The van der Waals surface area contributed by atoms with E-state index < -0.39 is 34.3 Å². The number of nitrogens with zero attached hydrogens (tertiary/aromatic N) is 2. The summed E-state index contributed by atoms with van der Waals surface area (Å²) in [5.74, 6) is -1.37. The molecule has 0 bridgehead atoms. The van der Waals surface area contributed by atoms with Crippen LogP contribution >= 0.6 is 0 Å². The molecular weight excluding hydrogens is 493 g/mol. The van der Waals surface area contributed by atoms with Crippen molar-refractivity contribution in [2.24, 2.45) is 0 Å². The van der Waals surface area contributed by atoms with Crippen molar-refractivity contribution in [3.05, 3.63) is 95.3 Å². The minimum absolute atomic E-state index is 0.00370. The lowest BCUT2D eigenvalue weighted by molar-refractivity contribution is -0.139. The molecule has 0 unspecified atom stereocenters. The van der Waals surface area contributed by atoms with Gasteiger partial charge in [-0.25, -0.2) is 12.8 Å². The number of benzene rings is 3. The van der Waals surface area contributed by atoms with Gasteiger partial charge in [0.25, 0.3) is 10.0 Å². The van der Waals surface area contributed by atoms with Gasteiger partial charge in [-0.15, -0.1) is 0 Å². The van der Waals surface area contributed by atoms with E-state index in [-0.39, 0.29) is 17.3 Å². The summed E-state index contributed by atoms with van der Waals surface area (Å²) in [5, 5.41) is 2.70. The normalized spacial score (nSPS) is 12.0. The number of carbonyl (C=O) groups is 2. The summed E-state index contributed by atoms with van der Waals surface area (Å²) >= 11 is 0. The van der Waals surface area contributed by atoms with Crippen LogP contribution in [0.3, 0.4) is 0 Å². The van der Waals surface area contributed by atoms with Gasteiger partial charge in [0.2, 0.25) is 11.8 Å². The van der Waals surface area contributed by atoms with Crippen molar-refractivity contribution in [1.29, 1.82) is 0 Å². The number of aryl methyl sites for hydroxylation is 2. The van der Waals surface area contributed by atoms with Crippen molar-refractivity contribution in [1.82, 2.24) is 10.2 Å². The number of carbonyl (C=O) groups excluding carboxylic acids is 2. The predicted molar refractivity (Wildman–Crippen MR) is 142 cm³/mol. The van der Waals surface area contributed by atoms with Crippen LogP contribution in [0.2, 0.25) is 0 Å². The standard InChI is InChI=1S/C28H32FN3O4S/c1-5-30-28(34)22(4)31(18-23-10-12-24(29)13-11-23)27(33)19-32(25-14-6-20(2)7-15-25)37(35,36)26-16-8-21(3)9-17-26/h6-17,22H,5,18-19H2,1-4H3,(H,30,34)/t22-/m1/s1. The van der Waals surface area contributed by atoms with Crippen LogP contribution in [0.1, 0.15) is 30.5 Å². The Hall–Kier alpha value is -3.72. The zero-order chi connectivity index (χ0) is 27.2. The quantitative estimate of drug-likeness (QED) is 0.430. The minimum Gasteiger partial charge on any atom is -0.355 e. The van der Waals surface area contributed by atoms with E-state index in [9.17, 15) is 22.4 Å². The monoisotopic (exact) mass is 525 g/mol. The molecule has 0 saturated carbocycles. The molecule has 0 aliphatic rings. The van der Waals surface area contributed by atoms with Crippen LogP contribution < -0.4 is 9.62 Å². The highest BCUT2D eigenvalue weighted by Crippen LogP contribution is 2.25. The van der Waals surface area contributed by atoms with Gasteiger partial charge in [-0.05, 0) is 69.7 Å². The molecule has 0 aromatic heterocycles. The smallest absolute Gasteiger partial charge is 0.264 e. The van der Waals surface area contributed by atoms with Crippen molar-refractivity contribution in [2.45, 2.75) is 45.2 Å². The summed E-state index contributed by atoms with van der Waals surface area (Å²) < 4.78 is 42.0. The number of hydrogen-bond acceptors (Lipinski definition) is 4. The molecule has 0 fully saturated rings. The van der Waals surface area contributed by atoms with Gasteiger partial charge in [-0.3, -0.25) is 13.9 Å². The lowest BCUT2D eigenvalue weighted by Crippen LogP contribution is -2.51. The number of rotatable bonds is 10. The van der Waals surface area contributed by atoms with E-state index in [4.69, 9.17) is 0 Å². The number of halogens is 1. The highest BCUT2D eigenvalue weighted by Gasteiger charge is 2.32. The molecule has 3 aromatic rings. The Labute approximate surface area is 218 Å². The molecule has 3 aromatic carbocycles. The van der Waals surface area contributed by atoms with Crippen LogP contribution in [0, 0.1) is 19.7 Å². The van der Waals surface area contributed by atoms with Gasteiger partial charge >= 0.3 is 0 Å². The molecule has 0 saturated heterocycles. The summed E-state index contributed by atoms with van der Waals surface area (Å²) in [5.41, 5.74) is 2.77. The fourth-order valence-electron chi connectivity index (χ4n) is 3.77. The van der Waals surface area contributed by atoms with Crippen molar-refractivity contribution in [2.75, 3.05) is 17.4 Å². The Balaban J connectivity index is 2.01. The van der Waals surface area contributed by atoms with E-state index in [0.29, 0.717) is 17.8 Å². The Morgan fingerprint density at radius 3 is 1.97 bits per heavy atom. The second kappa shape index (κ2) is 12.0. The molecule has 1 atom stereocenters. The summed E-state index contributed by atoms with van der Waals surface area (Å²) in [6.07, 6.45) is 0. The second-order valence-corrected chi connectivity index (χ2v) is 10.7. The van der Waals surface area contributed by atoms with Crippen LogP contribution in [0.25, 0.3) is 0 Å². The highest BCUT2D eigenvalue weighted by molar-refractivity contribution is 7.92. The van der Waals surface area contributed by atoms with Gasteiger partial charge in [-0.2, -0.15) is 0 Å². The molecular formula is C28H32FN3O4S. The topological polar surface area (TPSA) is 86.8 Å². The molecule has 196 valence electrons. The number of anilines is 1. The molecule has 0 heterocycles. The van der Waals surface area contributed by atoms with Crippen molar-refractivity contribution >= 4 is 27.5 Å². The summed E-state index contributed by atoms with van der Waals surface area (Å²) in [6, 6.07) is 17.9. The molecule has 3 rings (SSSR count). The van der Waals surface area contributed by atoms with Crippen LogP contribution in [0.5, 0.6) is 0 Å². The first kappa shape index (κ1) is 27.9. The van der Waals surface area contributed by atoms with Gasteiger partial charge in [0.05, 0.1) is 10.6 Å². The number of sulfonamides is 1. The second-order valence-electron chi connectivity index (χ2n) is 8.88. The van der Waals surface area contributed by atoms with Crippen molar-refractivity contribution in [3.63, 3.8) is 0 Å². The minimum atomic E-state index is -4.11. The number of hydrogen-bond donors (Lipinski definition) is 1. The van der Waals surface area contributed by atoms with Gasteiger partial charge in [-0.1, -0.05) is 47.5 Å². The zero-order valence-corrected chi connectivity index (χ0v) is 22.3. The van der Waals surface area contributed by atoms with Gasteiger partial charge in [0, 0.05) is 13.1 Å². The van der Waals surface area contributed by atoms with Crippen molar-refractivity contribution in [3.8, 4) is 0 Å². The lowest BCUT2D eigenvalue weighted by atomic mass is 10.1. The fourth-order valence-corrected chi connectivity index (χ4v) is 5.18. The Kier molecular flexibility index (Phi) is 9.04. The Morgan fingerprint density at radius 2 is 1.43 bits per heavy atom. The molecule has 2 amide bonds. The third-order valence-corrected chi connectivity index (χ3v) is 7.78. The largest absolute Gasteiger partial charge is 0.355 e. The summed E-state index contributed by atoms with van der Waals surface area (Å²) in [4.78, 5) is 27.8. The third-order valence-electron chi connectivity index (χ3n) is 5.99. The Morgan fingerprint density at radius 1 is 0.892 bits per heavy atom. The SMILES string of the molecule is CCNC(=O)[C@@H](C)N(Cc1ccc(F)cc1)C(=O)CN(c1ccc(C)cc1)S(=O)(=O)c1ccc(C)cc1. The van der Waals surface area contributed by atoms with Gasteiger partial charge < -0.3 is 10.2 Å². The van der Waals surface area contributed by atoms with Gasteiger partial charge in [0.15, 0.2) is 0 Å². The fraction of sp³-hybridized carbons (Fsp3) is 0.286. The Bertz CT molecular complexity index is 1330. The first-order chi connectivity index (χ1) is 17.5. The van der Waals surface area contributed by atoms with E-state index in [1.807, 2.05) is 13.8 Å². The van der Waals surface area contributed by atoms with Crippen LogP contribution in [0.4, 0.5) is 10.1 Å². The van der Waals surface area contributed by atoms with E-state index in [1.54, 1.807) is 50.2 Å². The molecule has 9 heteroatoms.